The van der Waals surface area contributed by atoms with Gasteiger partial charge >= 0.3 is 5.69 Å². The molecule has 8 heteroatoms. The van der Waals surface area contributed by atoms with Gasteiger partial charge in [-0.3, -0.25) is 18.7 Å². The Kier molecular flexibility index (Phi) is 4.07. The van der Waals surface area contributed by atoms with Crippen LogP contribution in [0.5, 0.6) is 0 Å². The Morgan fingerprint density at radius 1 is 0.900 bits per heavy atom. The van der Waals surface area contributed by atoms with Crippen LogP contribution in [0, 0.1) is 0 Å². The zero-order chi connectivity index (χ0) is 21.3. The van der Waals surface area contributed by atoms with Crippen LogP contribution in [0.2, 0.25) is 10.0 Å². The number of hydrogen-bond acceptors (Lipinski definition) is 4. The number of rotatable bonds is 1. The van der Waals surface area contributed by atoms with E-state index in [9.17, 15) is 14.4 Å². The van der Waals surface area contributed by atoms with E-state index in [0.717, 1.165) is 10.1 Å². The maximum absolute atomic E-state index is 13.4. The van der Waals surface area contributed by atoms with Gasteiger partial charge in [0, 0.05) is 36.7 Å². The van der Waals surface area contributed by atoms with E-state index >= 15 is 0 Å². The summed E-state index contributed by atoms with van der Waals surface area (Å²) < 4.78 is 2.43. The van der Waals surface area contributed by atoms with Gasteiger partial charge in [0.25, 0.3) is 5.56 Å². The van der Waals surface area contributed by atoms with Crippen LogP contribution in [-0.4, -0.2) is 14.9 Å². The number of halogens is 2. The molecule has 2 aromatic carbocycles. The highest BCUT2D eigenvalue weighted by Crippen LogP contribution is 2.48. The number of Topliss-reactive ketones (excluding diaryl/α,β-unsaturated/α-hetero) is 1. The number of fused-ring (bicyclic) bond motifs is 3. The first-order valence-electron chi connectivity index (χ1n) is 9.21. The van der Waals surface area contributed by atoms with Gasteiger partial charge in [-0.25, -0.2) is 4.79 Å². The fourth-order valence-electron chi connectivity index (χ4n) is 4.28. The number of ketones is 1. The van der Waals surface area contributed by atoms with Gasteiger partial charge in [0.15, 0.2) is 5.78 Å². The van der Waals surface area contributed by atoms with Crippen LogP contribution < -0.4 is 16.6 Å². The predicted octanol–water partition coefficient (Wildman–Crippen LogP) is 3.56. The third-order valence-electron chi connectivity index (χ3n) is 5.75. The molecular weight excluding hydrogens is 425 g/mol. The van der Waals surface area contributed by atoms with E-state index in [2.05, 4.69) is 5.32 Å². The Hall–Kier alpha value is -3.09. The van der Waals surface area contributed by atoms with Crippen LogP contribution in [0.1, 0.15) is 33.0 Å². The fourth-order valence-corrected chi connectivity index (χ4v) is 4.59. The maximum Gasteiger partial charge on any atom is 0.332 e. The second-order valence-corrected chi connectivity index (χ2v) is 8.18. The predicted molar refractivity (Wildman–Crippen MR) is 117 cm³/mol. The molecule has 0 bridgehead atoms. The van der Waals surface area contributed by atoms with Crippen molar-refractivity contribution in [2.75, 3.05) is 5.32 Å². The molecule has 0 saturated heterocycles. The van der Waals surface area contributed by atoms with Crippen molar-refractivity contribution in [1.29, 1.82) is 0 Å². The van der Waals surface area contributed by atoms with Gasteiger partial charge in [0.1, 0.15) is 5.82 Å². The molecule has 0 spiro atoms. The molecule has 2 aliphatic rings. The molecule has 1 unspecified atom stereocenters. The van der Waals surface area contributed by atoms with Crippen molar-refractivity contribution in [2.24, 2.45) is 14.1 Å². The van der Waals surface area contributed by atoms with E-state index < -0.39 is 17.2 Å². The molecule has 1 aliphatic carbocycles. The second kappa shape index (κ2) is 6.45. The number of carbonyl (C=O) groups is 1. The first kappa shape index (κ1) is 18.9. The van der Waals surface area contributed by atoms with Crippen LogP contribution in [0.4, 0.5) is 5.82 Å². The van der Waals surface area contributed by atoms with Crippen molar-refractivity contribution in [2.45, 2.75) is 5.92 Å². The first-order chi connectivity index (χ1) is 14.3. The van der Waals surface area contributed by atoms with Crippen molar-refractivity contribution in [3.05, 3.63) is 101 Å². The molecule has 3 aromatic rings. The van der Waals surface area contributed by atoms with E-state index in [0.29, 0.717) is 43.8 Å². The standard InChI is InChI=1S/C22H15Cl2N3O3/c1-26-20-17(21(29)27(2)22(26)30)15(10-7-8-13(23)14(24)9-10)16-18(25-20)11-5-3-4-6-12(11)19(16)28/h3-9,15,25H,1-2H3. The minimum Gasteiger partial charge on any atom is -0.340 e. The number of hydrogen-bond donors (Lipinski definition) is 1. The Morgan fingerprint density at radius 3 is 2.30 bits per heavy atom. The van der Waals surface area contributed by atoms with Crippen molar-refractivity contribution < 1.29 is 4.79 Å². The Balaban J connectivity index is 1.90. The second-order valence-electron chi connectivity index (χ2n) is 7.36. The molecule has 0 radical (unpaired) electrons. The van der Waals surface area contributed by atoms with Gasteiger partial charge in [-0.15, -0.1) is 0 Å². The van der Waals surface area contributed by atoms with Crippen molar-refractivity contribution >= 4 is 40.5 Å². The molecule has 0 fully saturated rings. The number of anilines is 1. The minimum absolute atomic E-state index is 0.161. The van der Waals surface area contributed by atoms with Crippen molar-refractivity contribution in [3.63, 3.8) is 0 Å². The van der Waals surface area contributed by atoms with E-state index in [1.54, 1.807) is 37.4 Å². The summed E-state index contributed by atoms with van der Waals surface area (Å²) in [4.78, 5) is 39.2. The van der Waals surface area contributed by atoms with Crippen LogP contribution in [0.25, 0.3) is 5.70 Å². The van der Waals surface area contributed by atoms with Crippen LogP contribution in [0.3, 0.4) is 0 Å². The van der Waals surface area contributed by atoms with E-state index in [1.165, 1.54) is 11.6 Å². The smallest absolute Gasteiger partial charge is 0.332 e. The van der Waals surface area contributed by atoms with Crippen molar-refractivity contribution in [1.82, 2.24) is 9.13 Å². The van der Waals surface area contributed by atoms with Gasteiger partial charge in [0.2, 0.25) is 0 Å². The summed E-state index contributed by atoms with van der Waals surface area (Å²) in [6.45, 7) is 0. The van der Waals surface area contributed by atoms with E-state index in [4.69, 9.17) is 23.2 Å². The number of aromatic nitrogens is 2. The Bertz CT molecular complexity index is 1430. The topological polar surface area (TPSA) is 73.1 Å². The Labute approximate surface area is 181 Å². The van der Waals surface area contributed by atoms with Crippen LogP contribution in [0.15, 0.2) is 57.6 Å². The minimum atomic E-state index is -0.698. The van der Waals surface area contributed by atoms with E-state index in [-0.39, 0.29) is 5.78 Å². The Morgan fingerprint density at radius 2 is 1.60 bits per heavy atom. The molecule has 2 heterocycles. The number of benzene rings is 2. The number of nitrogens with zero attached hydrogens (tertiary/aromatic N) is 2. The summed E-state index contributed by atoms with van der Waals surface area (Å²) in [6, 6.07) is 12.3. The lowest BCUT2D eigenvalue weighted by molar-refractivity contribution is 0.103. The lowest BCUT2D eigenvalue weighted by Crippen LogP contribution is -2.42. The van der Waals surface area contributed by atoms with E-state index in [1.807, 2.05) is 12.1 Å². The highest BCUT2D eigenvalue weighted by atomic mass is 35.5. The zero-order valence-corrected chi connectivity index (χ0v) is 17.5. The van der Waals surface area contributed by atoms with Gasteiger partial charge in [-0.2, -0.15) is 0 Å². The average Bonchev–Trinajstić information content (AvgIpc) is 3.03. The monoisotopic (exact) mass is 439 g/mol. The van der Waals surface area contributed by atoms with Crippen LogP contribution in [-0.2, 0) is 14.1 Å². The third kappa shape index (κ3) is 2.41. The number of nitrogens with one attached hydrogen (secondary N) is 1. The molecule has 0 saturated carbocycles. The maximum atomic E-state index is 13.4. The summed E-state index contributed by atoms with van der Waals surface area (Å²) in [7, 11) is 3.01. The molecule has 5 rings (SSSR count). The SMILES string of the molecule is Cn1c2c(c(=O)n(C)c1=O)C(c1ccc(Cl)c(Cl)c1)C1=C(N2)c2ccccc2C1=O. The number of allylic oxidation sites excluding steroid dienone is 1. The largest absolute Gasteiger partial charge is 0.340 e. The third-order valence-corrected chi connectivity index (χ3v) is 6.49. The van der Waals surface area contributed by atoms with Gasteiger partial charge in [-0.1, -0.05) is 53.5 Å². The molecule has 1 aliphatic heterocycles. The lowest BCUT2D eigenvalue weighted by atomic mass is 9.81. The van der Waals surface area contributed by atoms with Gasteiger partial charge in [-0.05, 0) is 17.7 Å². The molecular formula is C22H15Cl2N3O3. The number of carbonyl (C=O) groups excluding carboxylic acids is 1. The summed E-state index contributed by atoms with van der Waals surface area (Å²) in [6.07, 6.45) is 0. The summed E-state index contributed by atoms with van der Waals surface area (Å²) in [5.74, 6) is -0.496. The normalized spacial score (nSPS) is 16.8. The molecule has 6 nitrogen and oxygen atoms in total. The quantitative estimate of drug-likeness (QED) is 0.628. The molecule has 0 amide bonds. The fraction of sp³-hybridized carbons (Fsp3) is 0.136. The summed E-state index contributed by atoms with van der Waals surface area (Å²) in [5, 5.41) is 3.89. The first-order valence-corrected chi connectivity index (χ1v) is 9.97. The summed E-state index contributed by atoms with van der Waals surface area (Å²) >= 11 is 12.4. The molecule has 30 heavy (non-hydrogen) atoms. The van der Waals surface area contributed by atoms with Gasteiger partial charge < -0.3 is 5.32 Å². The average molecular weight is 440 g/mol. The zero-order valence-electron chi connectivity index (χ0n) is 16.0. The highest BCUT2D eigenvalue weighted by Gasteiger charge is 2.42. The molecule has 1 N–H and O–H groups in total. The van der Waals surface area contributed by atoms with Crippen molar-refractivity contribution in [3.8, 4) is 0 Å². The lowest BCUT2D eigenvalue weighted by Gasteiger charge is -2.29. The molecule has 1 aromatic heterocycles. The van der Waals surface area contributed by atoms with Crippen LogP contribution >= 0.6 is 23.2 Å². The molecule has 150 valence electrons. The summed E-state index contributed by atoms with van der Waals surface area (Å²) in [5.41, 5.74) is 2.39. The highest BCUT2D eigenvalue weighted by molar-refractivity contribution is 6.42. The van der Waals surface area contributed by atoms with Gasteiger partial charge in [0.05, 0.1) is 21.3 Å². The molecule has 1 atom stereocenters.